The lowest BCUT2D eigenvalue weighted by molar-refractivity contribution is 1.27. The summed E-state index contributed by atoms with van der Waals surface area (Å²) in [5.74, 6) is 0. The third kappa shape index (κ3) is 2.39. The number of nitrogens with two attached hydrogens (primary N) is 1. The van der Waals surface area contributed by atoms with Crippen molar-refractivity contribution in [3.8, 4) is 11.3 Å². The van der Waals surface area contributed by atoms with E-state index in [1.165, 1.54) is 6.20 Å². The molecule has 0 fully saturated rings. The molecule has 0 aliphatic heterocycles. The van der Waals surface area contributed by atoms with Gasteiger partial charge in [-0.2, -0.15) is 0 Å². The van der Waals surface area contributed by atoms with Gasteiger partial charge in [0.05, 0.1) is 37.7 Å². The van der Waals surface area contributed by atoms with Gasteiger partial charge < -0.3 is 5.73 Å². The Labute approximate surface area is 125 Å². The third-order valence-corrected chi connectivity index (χ3v) is 4.01. The van der Waals surface area contributed by atoms with E-state index < -0.39 is 0 Å². The van der Waals surface area contributed by atoms with Gasteiger partial charge >= 0.3 is 0 Å². The van der Waals surface area contributed by atoms with Gasteiger partial charge in [0.25, 0.3) is 0 Å². The fraction of sp³-hybridized carbons (Fsp3) is 0.0833. The van der Waals surface area contributed by atoms with Gasteiger partial charge in [-0.3, -0.25) is 4.98 Å². The second-order valence-electron chi connectivity index (χ2n) is 3.78. The Morgan fingerprint density at radius 3 is 2.28 bits per heavy atom. The number of benzene rings is 1. The molecule has 2 rings (SSSR count). The van der Waals surface area contributed by atoms with E-state index in [2.05, 4.69) is 4.98 Å². The van der Waals surface area contributed by atoms with E-state index in [0.29, 0.717) is 27.0 Å². The minimum Gasteiger partial charge on any atom is -0.397 e. The summed E-state index contributed by atoms with van der Waals surface area (Å²) in [7, 11) is 0. The van der Waals surface area contributed by atoms with Crippen molar-refractivity contribution in [2.75, 3.05) is 5.73 Å². The van der Waals surface area contributed by atoms with Crippen LogP contribution in [0.1, 0.15) is 5.56 Å². The molecule has 0 unspecified atom stereocenters. The summed E-state index contributed by atoms with van der Waals surface area (Å²) in [6.07, 6.45) is 1.54. The molecule has 0 bridgehead atoms. The maximum atomic E-state index is 6.18. The maximum Gasteiger partial charge on any atom is 0.0786 e. The van der Waals surface area contributed by atoms with E-state index in [1.807, 2.05) is 6.92 Å². The fourth-order valence-corrected chi connectivity index (χ4v) is 2.73. The summed E-state index contributed by atoms with van der Waals surface area (Å²) in [5, 5.41) is 1.25. The van der Waals surface area contributed by atoms with Crippen LogP contribution in [0.4, 0.5) is 5.69 Å². The molecule has 0 atom stereocenters. The summed E-state index contributed by atoms with van der Waals surface area (Å²) in [6, 6.07) is 3.33. The standard InChI is InChI=1S/C12H8Cl4N2/c1-5-2-6(17)4-18-12(5)9-7(13)3-8(14)10(15)11(9)16/h2-4H,17H2,1H3. The molecule has 0 amide bonds. The average Bonchev–Trinajstić information content (AvgIpc) is 2.29. The Bertz CT molecular complexity index is 626. The van der Waals surface area contributed by atoms with Crippen molar-refractivity contribution in [1.82, 2.24) is 4.98 Å². The SMILES string of the molecule is Cc1cc(N)cnc1-c1c(Cl)cc(Cl)c(Cl)c1Cl. The Balaban J connectivity index is 2.75. The van der Waals surface area contributed by atoms with Crippen LogP contribution in [0.2, 0.25) is 20.1 Å². The summed E-state index contributed by atoms with van der Waals surface area (Å²) in [6.45, 7) is 1.87. The predicted molar refractivity (Wildman–Crippen MR) is 78.9 cm³/mol. The fourth-order valence-electron chi connectivity index (χ4n) is 1.64. The van der Waals surface area contributed by atoms with Crippen LogP contribution in [0.3, 0.4) is 0 Å². The van der Waals surface area contributed by atoms with Crippen LogP contribution in [0.15, 0.2) is 18.3 Å². The number of nitrogens with zero attached hydrogens (tertiary/aromatic N) is 1. The molecular formula is C12H8Cl4N2. The van der Waals surface area contributed by atoms with Crippen LogP contribution < -0.4 is 5.73 Å². The third-order valence-electron chi connectivity index (χ3n) is 2.45. The van der Waals surface area contributed by atoms with Crippen molar-refractivity contribution >= 4 is 52.1 Å². The Morgan fingerprint density at radius 1 is 1.00 bits per heavy atom. The molecule has 94 valence electrons. The van der Waals surface area contributed by atoms with E-state index in [4.69, 9.17) is 52.1 Å². The number of nitrogen functional groups attached to an aromatic ring is 1. The number of aromatic nitrogens is 1. The molecule has 2 aromatic rings. The van der Waals surface area contributed by atoms with E-state index in [9.17, 15) is 0 Å². The van der Waals surface area contributed by atoms with Gasteiger partial charge in [0.1, 0.15) is 0 Å². The van der Waals surface area contributed by atoms with Crippen molar-refractivity contribution < 1.29 is 0 Å². The molecule has 0 saturated heterocycles. The predicted octanol–water partition coefficient (Wildman–Crippen LogP) is 5.25. The highest BCUT2D eigenvalue weighted by Gasteiger charge is 2.17. The summed E-state index contributed by atoms with van der Waals surface area (Å²) in [5.41, 5.74) is 8.29. The minimum absolute atomic E-state index is 0.260. The number of hydrogen-bond acceptors (Lipinski definition) is 2. The topological polar surface area (TPSA) is 38.9 Å². The number of halogens is 4. The first kappa shape index (κ1) is 13.8. The molecule has 18 heavy (non-hydrogen) atoms. The van der Waals surface area contributed by atoms with E-state index in [0.717, 1.165) is 5.56 Å². The van der Waals surface area contributed by atoms with Crippen LogP contribution in [0.25, 0.3) is 11.3 Å². The molecule has 0 spiro atoms. The largest absolute Gasteiger partial charge is 0.397 e. The summed E-state index contributed by atoms with van der Waals surface area (Å²) in [4.78, 5) is 4.24. The highest BCUT2D eigenvalue weighted by atomic mass is 35.5. The minimum atomic E-state index is 0.260. The monoisotopic (exact) mass is 320 g/mol. The van der Waals surface area contributed by atoms with Gasteiger partial charge in [-0.15, -0.1) is 0 Å². The highest BCUT2D eigenvalue weighted by molar-refractivity contribution is 6.51. The molecule has 0 aliphatic carbocycles. The molecule has 6 heteroatoms. The molecule has 2 nitrogen and oxygen atoms in total. The summed E-state index contributed by atoms with van der Waals surface area (Å²) >= 11 is 24.2. The normalized spacial score (nSPS) is 10.7. The molecule has 1 aromatic carbocycles. The lowest BCUT2D eigenvalue weighted by atomic mass is 10.1. The van der Waals surface area contributed by atoms with Crippen LogP contribution in [0, 0.1) is 6.92 Å². The Kier molecular flexibility index (Phi) is 3.93. The Hall–Kier alpha value is -0.670. The van der Waals surface area contributed by atoms with Crippen molar-refractivity contribution in [2.24, 2.45) is 0 Å². The van der Waals surface area contributed by atoms with Gasteiger partial charge in [-0.25, -0.2) is 0 Å². The highest BCUT2D eigenvalue weighted by Crippen LogP contribution is 2.43. The van der Waals surface area contributed by atoms with Crippen LogP contribution >= 0.6 is 46.4 Å². The summed E-state index contributed by atoms with van der Waals surface area (Å²) < 4.78 is 0. The molecular weight excluding hydrogens is 314 g/mol. The first-order chi connectivity index (χ1) is 8.41. The lowest BCUT2D eigenvalue weighted by Crippen LogP contribution is -1.94. The number of aryl methyl sites for hydroxylation is 1. The average molecular weight is 322 g/mol. The van der Waals surface area contributed by atoms with Gasteiger partial charge in [0, 0.05) is 5.56 Å². The first-order valence-corrected chi connectivity index (χ1v) is 6.48. The quantitative estimate of drug-likeness (QED) is 0.575. The van der Waals surface area contributed by atoms with Crippen molar-refractivity contribution in [2.45, 2.75) is 6.92 Å². The number of hydrogen-bond donors (Lipinski definition) is 1. The molecule has 2 N–H and O–H groups in total. The Morgan fingerprint density at radius 2 is 1.67 bits per heavy atom. The van der Waals surface area contributed by atoms with Crippen molar-refractivity contribution in [3.63, 3.8) is 0 Å². The van der Waals surface area contributed by atoms with Crippen LogP contribution in [-0.2, 0) is 0 Å². The second kappa shape index (κ2) is 5.14. The van der Waals surface area contributed by atoms with E-state index >= 15 is 0 Å². The molecule has 0 saturated carbocycles. The zero-order valence-corrected chi connectivity index (χ0v) is 12.3. The molecule has 1 aromatic heterocycles. The maximum absolute atomic E-state index is 6.18. The first-order valence-electron chi connectivity index (χ1n) is 4.97. The molecule has 0 aliphatic rings. The van der Waals surface area contributed by atoms with Crippen LogP contribution in [-0.4, -0.2) is 4.98 Å². The lowest BCUT2D eigenvalue weighted by Gasteiger charge is -2.12. The number of rotatable bonds is 1. The zero-order chi connectivity index (χ0) is 13.4. The van der Waals surface area contributed by atoms with E-state index in [-0.39, 0.29) is 10.0 Å². The smallest absolute Gasteiger partial charge is 0.0786 e. The molecule has 1 heterocycles. The number of anilines is 1. The van der Waals surface area contributed by atoms with Gasteiger partial charge in [0.15, 0.2) is 0 Å². The van der Waals surface area contributed by atoms with Gasteiger partial charge in [-0.05, 0) is 24.6 Å². The van der Waals surface area contributed by atoms with Crippen LogP contribution in [0.5, 0.6) is 0 Å². The van der Waals surface area contributed by atoms with Gasteiger partial charge in [-0.1, -0.05) is 46.4 Å². The van der Waals surface area contributed by atoms with Gasteiger partial charge in [0.2, 0.25) is 0 Å². The van der Waals surface area contributed by atoms with Crippen molar-refractivity contribution in [3.05, 3.63) is 44.0 Å². The second-order valence-corrected chi connectivity index (χ2v) is 5.35. The zero-order valence-electron chi connectivity index (χ0n) is 9.27. The number of pyridine rings is 1. The van der Waals surface area contributed by atoms with E-state index in [1.54, 1.807) is 12.1 Å². The van der Waals surface area contributed by atoms with Crippen molar-refractivity contribution in [1.29, 1.82) is 0 Å². The molecule has 0 radical (unpaired) electrons.